The van der Waals surface area contributed by atoms with Gasteiger partial charge in [0.15, 0.2) is 0 Å². The zero-order chi connectivity index (χ0) is 14.2. The molecule has 1 aliphatic heterocycles. The highest BCUT2D eigenvalue weighted by Crippen LogP contribution is 2.29. The minimum Gasteiger partial charge on any atom is -0.350 e. The molecule has 1 heterocycles. The Bertz CT molecular complexity index is 408. The number of carbonyl (C=O) groups excluding carboxylic acids is 2. The van der Waals surface area contributed by atoms with E-state index < -0.39 is 0 Å². The lowest BCUT2D eigenvalue weighted by Gasteiger charge is -2.44. The fourth-order valence-electron chi connectivity index (χ4n) is 3.56. The van der Waals surface area contributed by atoms with Crippen LogP contribution in [0, 0.1) is 0 Å². The minimum absolute atomic E-state index is 0.0468. The van der Waals surface area contributed by atoms with Crippen molar-refractivity contribution in [3.63, 3.8) is 0 Å². The lowest BCUT2D eigenvalue weighted by molar-refractivity contribution is -0.126. The van der Waals surface area contributed by atoms with Crippen molar-refractivity contribution in [2.24, 2.45) is 5.73 Å². The van der Waals surface area contributed by atoms with Crippen LogP contribution >= 0.6 is 0 Å². The standard InChI is InChI=1S/C14H24N4O2/c15-14(6-3-7-14)9-16-13(20)18-8-12(19)17-10-4-1-2-5-11(10)18/h10-11H,1-9,15H2,(H,16,20)(H,17,19). The van der Waals surface area contributed by atoms with Crippen LogP contribution in [0.15, 0.2) is 0 Å². The van der Waals surface area contributed by atoms with E-state index in [0.717, 1.165) is 44.9 Å². The lowest BCUT2D eigenvalue weighted by Crippen LogP contribution is -2.65. The Morgan fingerprint density at radius 1 is 1.35 bits per heavy atom. The van der Waals surface area contributed by atoms with Crippen molar-refractivity contribution in [1.29, 1.82) is 0 Å². The summed E-state index contributed by atoms with van der Waals surface area (Å²) >= 11 is 0. The van der Waals surface area contributed by atoms with Crippen LogP contribution in [0.1, 0.15) is 44.9 Å². The molecule has 3 aliphatic rings. The number of hydrogen-bond donors (Lipinski definition) is 3. The molecule has 3 amide bonds. The molecule has 2 unspecified atom stereocenters. The summed E-state index contributed by atoms with van der Waals surface area (Å²) in [5.41, 5.74) is 5.90. The van der Waals surface area contributed by atoms with Crippen molar-refractivity contribution < 1.29 is 9.59 Å². The topological polar surface area (TPSA) is 87.5 Å². The third-order valence-electron chi connectivity index (χ3n) is 4.99. The summed E-state index contributed by atoms with van der Waals surface area (Å²) in [4.78, 5) is 25.8. The molecule has 3 rings (SSSR count). The Labute approximate surface area is 119 Å². The molecule has 2 saturated carbocycles. The summed E-state index contributed by atoms with van der Waals surface area (Å²) in [7, 11) is 0. The highest BCUT2D eigenvalue weighted by Gasteiger charge is 2.40. The van der Waals surface area contributed by atoms with E-state index >= 15 is 0 Å². The molecule has 1 saturated heterocycles. The van der Waals surface area contributed by atoms with Crippen LogP contribution in [0.25, 0.3) is 0 Å². The zero-order valence-corrected chi connectivity index (χ0v) is 11.9. The Hall–Kier alpha value is -1.30. The number of nitrogens with zero attached hydrogens (tertiary/aromatic N) is 1. The van der Waals surface area contributed by atoms with Crippen molar-refractivity contribution in [3.8, 4) is 0 Å². The fraction of sp³-hybridized carbons (Fsp3) is 0.857. The van der Waals surface area contributed by atoms with Crippen molar-refractivity contribution in [1.82, 2.24) is 15.5 Å². The molecular weight excluding hydrogens is 256 g/mol. The maximum Gasteiger partial charge on any atom is 0.318 e. The van der Waals surface area contributed by atoms with E-state index in [4.69, 9.17) is 5.73 Å². The first kappa shape index (κ1) is 13.7. The van der Waals surface area contributed by atoms with Gasteiger partial charge in [-0.1, -0.05) is 12.8 Å². The molecule has 0 aromatic rings. The number of piperazine rings is 1. The van der Waals surface area contributed by atoms with Crippen LogP contribution in [0.4, 0.5) is 4.79 Å². The number of nitrogens with two attached hydrogens (primary N) is 1. The van der Waals surface area contributed by atoms with E-state index in [0.29, 0.717) is 6.54 Å². The molecule has 3 fully saturated rings. The van der Waals surface area contributed by atoms with E-state index in [1.54, 1.807) is 4.90 Å². The summed E-state index contributed by atoms with van der Waals surface area (Å²) in [6.45, 7) is 0.686. The van der Waals surface area contributed by atoms with Crippen LogP contribution < -0.4 is 16.4 Å². The number of urea groups is 1. The summed E-state index contributed by atoms with van der Waals surface area (Å²) in [6.07, 6.45) is 7.29. The molecule has 20 heavy (non-hydrogen) atoms. The fourth-order valence-corrected chi connectivity index (χ4v) is 3.56. The maximum absolute atomic E-state index is 12.4. The number of amides is 3. The average Bonchev–Trinajstić information content (AvgIpc) is 2.41. The number of hydrogen-bond acceptors (Lipinski definition) is 3. The molecule has 4 N–H and O–H groups in total. The maximum atomic E-state index is 12.4. The van der Waals surface area contributed by atoms with Gasteiger partial charge in [-0.05, 0) is 32.1 Å². The second kappa shape index (κ2) is 5.24. The van der Waals surface area contributed by atoms with Gasteiger partial charge in [0.25, 0.3) is 0 Å². The van der Waals surface area contributed by atoms with Crippen molar-refractivity contribution in [2.75, 3.05) is 13.1 Å². The van der Waals surface area contributed by atoms with Crippen LogP contribution in [-0.2, 0) is 4.79 Å². The minimum atomic E-state index is -0.223. The normalized spacial score (nSPS) is 31.9. The monoisotopic (exact) mass is 280 g/mol. The lowest BCUT2D eigenvalue weighted by atomic mass is 9.78. The van der Waals surface area contributed by atoms with Crippen LogP contribution in [0.2, 0.25) is 0 Å². The smallest absolute Gasteiger partial charge is 0.318 e. The van der Waals surface area contributed by atoms with Crippen LogP contribution in [0.3, 0.4) is 0 Å². The van der Waals surface area contributed by atoms with E-state index in [9.17, 15) is 9.59 Å². The first-order chi connectivity index (χ1) is 9.57. The summed E-state index contributed by atoms with van der Waals surface area (Å²) in [5, 5.41) is 5.94. The SMILES string of the molecule is NC1(CNC(=O)N2CC(=O)NC3CCCCC32)CCC1. The molecule has 0 bridgehead atoms. The summed E-state index contributed by atoms with van der Waals surface area (Å²) in [5.74, 6) is -0.0468. The van der Waals surface area contributed by atoms with Gasteiger partial charge >= 0.3 is 6.03 Å². The van der Waals surface area contributed by atoms with Gasteiger partial charge in [0.2, 0.25) is 5.91 Å². The van der Waals surface area contributed by atoms with Crippen molar-refractivity contribution >= 4 is 11.9 Å². The number of fused-ring (bicyclic) bond motifs is 1. The van der Waals surface area contributed by atoms with Gasteiger partial charge in [0.05, 0.1) is 6.04 Å². The van der Waals surface area contributed by atoms with E-state index in [-0.39, 0.29) is 36.1 Å². The predicted octanol–water partition coefficient (Wildman–Crippen LogP) is 0.320. The highest BCUT2D eigenvalue weighted by atomic mass is 16.2. The molecule has 0 radical (unpaired) electrons. The van der Waals surface area contributed by atoms with Crippen LogP contribution in [-0.4, -0.2) is 47.6 Å². The third-order valence-corrected chi connectivity index (χ3v) is 4.99. The Morgan fingerprint density at radius 2 is 2.10 bits per heavy atom. The largest absolute Gasteiger partial charge is 0.350 e. The molecule has 2 aliphatic carbocycles. The molecule has 6 nitrogen and oxygen atoms in total. The number of nitrogens with one attached hydrogen (secondary N) is 2. The molecule has 6 heteroatoms. The van der Waals surface area contributed by atoms with Gasteiger partial charge in [-0.25, -0.2) is 4.79 Å². The van der Waals surface area contributed by atoms with Crippen molar-refractivity contribution in [2.45, 2.75) is 62.6 Å². The van der Waals surface area contributed by atoms with E-state index in [1.165, 1.54) is 0 Å². The summed E-state index contributed by atoms with van der Waals surface area (Å²) in [6, 6.07) is 0.149. The molecule has 0 spiro atoms. The van der Waals surface area contributed by atoms with Gasteiger partial charge in [0, 0.05) is 18.1 Å². The molecule has 0 aromatic carbocycles. The number of rotatable bonds is 2. The molecule has 112 valence electrons. The van der Waals surface area contributed by atoms with Gasteiger partial charge in [-0.2, -0.15) is 0 Å². The quantitative estimate of drug-likeness (QED) is 0.681. The second-order valence-corrected chi connectivity index (χ2v) is 6.53. The highest BCUT2D eigenvalue weighted by molar-refractivity contribution is 5.86. The van der Waals surface area contributed by atoms with Crippen molar-refractivity contribution in [3.05, 3.63) is 0 Å². The Morgan fingerprint density at radius 3 is 2.80 bits per heavy atom. The Kier molecular flexibility index (Phi) is 3.58. The van der Waals surface area contributed by atoms with E-state index in [1.807, 2.05) is 0 Å². The Balaban J connectivity index is 1.61. The van der Waals surface area contributed by atoms with Crippen LogP contribution in [0.5, 0.6) is 0 Å². The molecular formula is C14H24N4O2. The van der Waals surface area contributed by atoms with Gasteiger partial charge in [0.1, 0.15) is 6.54 Å². The summed E-state index contributed by atoms with van der Waals surface area (Å²) < 4.78 is 0. The van der Waals surface area contributed by atoms with Gasteiger partial charge in [-0.3, -0.25) is 4.79 Å². The average molecular weight is 280 g/mol. The third kappa shape index (κ3) is 2.61. The first-order valence-electron chi connectivity index (χ1n) is 7.70. The second-order valence-electron chi connectivity index (χ2n) is 6.53. The van der Waals surface area contributed by atoms with E-state index in [2.05, 4.69) is 10.6 Å². The number of carbonyl (C=O) groups is 2. The molecule has 0 aromatic heterocycles. The molecule has 2 atom stereocenters. The zero-order valence-electron chi connectivity index (χ0n) is 11.9. The van der Waals surface area contributed by atoms with Gasteiger partial charge < -0.3 is 21.3 Å². The van der Waals surface area contributed by atoms with Gasteiger partial charge in [-0.15, -0.1) is 0 Å². The predicted molar refractivity (Wildman–Crippen MR) is 75.1 cm³/mol. The first-order valence-corrected chi connectivity index (χ1v) is 7.70.